The topological polar surface area (TPSA) is 83.0 Å². The van der Waals surface area contributed by atoms with Gasteiger partial charge in [0.2, 0.25) is 0 Å². The minimum absolute atomic E-state index is 0.188. The van der Waals surface area contributed by atoms with Gasteiger partial charge >= 0.3 is 0 Å². The number of carbonyl (C=O) groups is 1. The molecule has 0 aliphatic carbocycles. The first kappa shape index (κ1) is 12.3. The van der Waals surface area contributed by atoms with Gasteiger partial charge in [0.1, 0.15) is 5.69 Å². The highest BCUT2D eigenvalue weighted by atomic mass is 79.9. The molecular formula is C8H13BrN4O2. The average Bonchev–Trinajstić information content (AvgIpc) is 2.54. The highest BCUT2D eigenvalue weighted by Gasteiger charge is 2.22. The maximum Gasteiger partial charge on any atom is 0.200 e. The van der Waals surface area contributed by atoms with Crippen molar-refractivity contribution in [3.63, 3.8) is 0 Å². The van der Waals surface area contributed by atoms with E-state index >= 15 is 0 Å². The molecule has 1 aromatic rings. The highest BCUT2D eigenvalue weighted by molar-refractivity contribution is 9.10. The molecule has 0 fully saturated rings. The molecule has 0 bridgehead atoms. The Labute approximate surface area is 95.9 Å². The van der Waals surface area contributed by atoms with Gasteiger partial charge in [-0.25, -0.2) is 4.68 Å². The number of aromatic nitrogens is 3. The summed E-state index contributed by atoms with van der Waals surface area (Å²) in [6.45, 7) is 0.454. The summed E-state index contributed by atoms with van der Waals surface area (Å²) in [5, 5.41) is 7.43. The third-order valence-corrected chi connectivity index (χ3v) is 2.52. The number of hydrogen-bond acceptors (Lipinski definition) is 5. The maximum absolute atomic E-state index is 11.8. The molecule has 0 spiro atoms. The number of rotatable bonds is 5. The smallest absolute Gasteiger partial charge is 0.200 e. The predicted molar refractivity (Wildman–Crippen MR) is 57.5 cm³/mol. The van der Waals surface area contributed by atoms with Crippen LogP contribution in [-0.4, -0.2) is 40.5 Å². The molecule has 0 saturated heterocycles. The average molecular weight is 277 g/mol. The normalized spacial score (nSPS) is 12.8. The number of carbonyl (C=O) groups excluding carboxylic acids is 1. The molecule has 1 unspecified atom stereocenters. The molecule has 1 atom stereocenters. The zero-order valence-electron chi connectivity index (χ0n) is 8.61. The van der Waals surface area contributed by atoms with Crippen LogP contribution in [0.3, 0.4) is 0 Å². The van der Waals surface area contributed by atoms with Crippen LogP contribution in [0.5, 0.6) is 0 Å². The summed E-state index contributed by atoms with van der Waals surface area (Å²) in [7, 11) is 3.22. The molecule has 0 aromatic carbocycles. The first-order valence-electron chi connectivity index (χ1n) is 4.41. The molecule has 15 heavy (non-hydrogen) atoms. The predicted octanol–water partition coefficient (Wildman–Crippen LogP) is 0.124. The SMILES string of the molecule is COCCC(N)C(=O)c1c(Br)nnn1C. The van der Waals surface area contributed by atoms with E-state index in [0.29, 0.717) is 23.3 Å². The number of methoxy groups -OCH3 is 1. The minimum Gasteiger partial charge on any atom is -0.385 e. The number of aryl methyl sites for hydroxylation is 1. The number of ether oxygens (including phenoxy) is 1. The summed E-state index contributed by atoms with van der Waals surface area (Å²) < 4.78 is 6.68. The molecule has 0 aliphatic heterocycles. The molecule has 1 aromatic heterocycles. The summed E-state index contributed by atoms with van der Waals surface area (Å²) in [4.78, 5) is 11.8. The Morgan fingerprint density at radius 3 is 2.87 bits per heavy atom. The summed E-state index contributed by atoms with van der Waals surface area (Å²) in [5.41, 5.74) is 6.10. The van der Waals surface area contributed by atoms with Crippen molar-refractivity contribution in [3.8, 4) is 0 Å². The van der Waals surface area contributed by atoms with E-state index in [1.165, 1.54) is 4.68 Å². The lowest BCUT2D eigenvalue weighted by atomic mass is 10.1. The van der Waals surface area contributed by atoms with Gasteiger partial charge in [-0.3, -0.25) is 4.79 Å². The van der Waals surface area contributed by atoms with Gasteiger partial charge in [0, 0.05) is 20.8 Å². The minimum atomic E-state index is -0.585. The first-order chi connectivity index (χ1) is 7.07. The van der Waals surface area contributed by atoms with E-state index in [-0.39, 0.29) is 5.78 Å². The van der Waals surface area contributed by atoms with E-state index in [4.69, 9.17) is 10.5 Å². The maximum atomic E-state index is 11.8. The molecule has 7 heteroatoms. The lowest BCUT2D eigenvalue weighted by Crippen LogP contribution is -2.33. The third-order valence-electron chi connectivity index (χ3n) is 1.99. The zero-order valence-corrected chi connectivity index (χ0v) is 10.2. The van der Waals surface area contributed by atoms with Gasteiger partial charge in [0.15, 0.2) is 10.4 Å². The molecule has 6 nitrogen and oxygen atoms in total. The number of hydrogen-bond donors (Lipinski definition) is 1. The van der Waals surface area contributed by atoms with E-state index in [1.807, 2.05) is 0 Å². The van der Waals surface area contributed by atoms with E-state index in [0.717, 1.165) is 0 Å². The lowest BCUT2D eigenvalue weighted by Gasteiger charge is -2.09. The van der Waals surface area contributed by atoms with Crippen molar-refractivity contribution in [2.75, 3.05) is 13.7 Å². The monoisotopic (exact) mass is 276 g/mol. The fourth-order valence-corrected chi connectivity index (χ4v) is 1.67. The van der Waals surface area contributed by atoms with Gasteiger partial charge in [-0.15, -0.1) is 5.10 Å². The largest absolute Gasteiger partial charge is 0.385 e. The number of nitrogens with zero attached hydrogens (tertiary/aromatic N) is 3. The number of nitrogens with two attached hydrogens (primary N) is 1. The molecular weight excluding hydrogens is 264 g/mol. The molecule has 0 radical (unpaired) electrons. The summed E-state index contributed by atoms with van der Waals surface area (Å²) in [5.74, 6) is -0.188. The number of Topliss-reactive ketones (excluding diaryl/α,β-unsaturated/α-hetero) is 1. The van der Waals surface area contributed by atoms with Crippen LogP contribution in [0.2, 0.25) is 0 Å². The van der Waals surface area contributed by atoms with Crippen molar-refractivity contribution in [3.05, 3.63) is 10.3 Å². The molecule has 1 rings (SSSR count). The van der Waals surface area contributed by atoms with Crippen LogP contribution in [0.25, 0.3) is 0 Å². The van der Waals surface area contributed by atoms with E-state index in [2.05, 4.69) is 26.2 Å². The molecule has 0 amide bonds. The van der Waals surface area contributed by atoms with Gasteiger partial charge in [0.05, 0.1) is 6.04 Å². The van der Waals surface area contributed by atoms with Crippen molar-refractivity contribution >= 4 is 21.7 Å². The summed E-state index contributed by atoms with van der Waals surface area (Å²) in [6, 6.07) is -0.585. The Morgan fingerprint density at radius 1 is 1.73 bits per heavy atom. The van der Waals surface area contributed by atoms with E-state index in [1.54, 1.807) is 14.2 Å². The molecule has 84 valence electrons. The van der Waals surface area contributed by atoms with Gasteiger partial charge in [-0.1, -0.05) is 5.21 Å². The van der Waals surface area contributed by atoms with Crippen LogP contribution < -0.4 is 5.73 Å². The van der Waals surface area contributed by atoms with Crippen LogP contribution in [0.15, 0.2) is 4.60 Å². The van der Waals surface area contributed by atoms with Crippen molar-refractivity contribution in [2.24, 2.45) is 12.8 Å². The molecule has 2 N–H and O–H groups in total. The second kappa shape index (κ2) is 5.34. The van der Waals surface area contributed by atoms with Gasteiger partial charge in [0.25, 0.3) is 0 Å². The quantitative estimate of drug-likeness (QED) is 0.773. The van der Waals surface area contributed by atoms with Gasteiger partial charge in [-0.05, 0) is 22.4 Å². The van der Waals surface area contributed by atoms with Crippen LogP contribution in [-0.2, 0) is 11.8 Å². The fraction of sp³-hybridized carbons (Fsp3) is 0.625. The Hall–Kier alpha value is -0.790. The van der Waals surface area contributed by atoms with Crippen molar-refractivity contribution < 1.29 is 9.53 Å². The zero-order chi connectivity index (χ0) is 11.4. The van der Waals surface area contributed by atoms with Gasteiger partial charge in [-0.2, -0.15) is 0 Å². The Morgan fingerprint density at radius 2 is 2.40 bits per heavy atom. The standard InChI is InChI=1S/C8H13BrN4O2/c1-13-6(8(9)11-12-13)7(14)5(10)3-4-15-2/h5H,3-4,10H2,1-2H3. The third kappa shape index (κ3) is 2.83. The summed E-state index contributed by atoms with van der Waals surface area (Å²) >= 11 is 3.15. The molecule has 1 heterocycles. The van der Waals surface area contributed by atoms with Crippen molar-refractivity contribution in [1.29, 1.82) is 0 Å². The first-order valence-corrected chi connectivity index (χ1v) is 5.21. The Bertz CT molecular complexity index is 333. The fourth-order valence-electron chi connectivity index (χ4n) is 1.14. The Kier molecular flexibility index (Phi) is 4.37. The van der Waals surface area contributed by atoms with E-state index < -0.39 is 6.04 Å². The van der Waals surface area contributed by atoms with E-state index in [9.17, 15) is 4.79 Å². The van der Waals surface area contributed by atoms with Crippen molar-refractivity contribution in [2.45, 2.75) is 12.5 Å². The number of ketones is 1. The number of halogens is 1. The van der Waals surface area contributed by atoms with Crippen molar-refractivity contribution in [1.82, 2.24) is 15.0 Å². The van der Waals surface area contributed by atoms with Crippen LogP contribution in [0.1, 0.15) is 16.9 Å². The van der Waals surface area contributed by atoms with Gasteiger partial charge < -0.3 is 10.5 Å². The second-order valence-corrected chi connectivity index (χ2v) is 3.86. The van der Waals surface area contributed by atoms with Crippen LogP contribution in [0.4, 0.5) is 0 Å². The highest BCUT2D eigenvalue weighted by Crippen LogP contribution is 2.14. The Balaban J connectivity index is 2.76. The molecule has 0 aliphatic rings. The van der Waals surface area contributed by atoms with Crippen LogP contribution >= 0.6 is 15.9 Å². The van der Waals surface area contributed by atoms with Crippen LogP contribution in [0, 0.1) is 0 Å². The summed E-state index contributed by atoms with van der Waals surface area (Å²) in [6.07, 6.45) is 0.479. The lowest BCUT2D eigenvalue weighted by molar-refractivity contribution is 0.0925. The molecule has 0 saturated carbocycles. The second-order valence-electron chi connectivity index (χ2n) is 3.10.